The van der Waals surface area contributed by atoms with Crippen LogP contribution in [-0.2, 0) is 4.74 Å². The third-order valence-electron chi connectivity index (χ3n) is 33.4. The van der Waals surface area contributed by atoms with Gasteiger partial charge in [-0.15, -0.1) is 6.58 Å². The Bertz CT molecular complexity index is 3450. The van der Waals surface area contributed by atoms with E-state index in [1.165, 1.54) is 288 Å². The van der Waals surface area contributed by atoms with Gasteiger partial charge in [0.1, 0.15) is 5.75 Å². The van der Waals surface area contributed by atoms with Gasteiger partial charge in [-0.25, -0.2) is 17.6 Å². The molecule has 0 bridgehead atoms. The second-order valence-electron chi connectivity index (χ2n) is 41.4. The summed E-state index contributed by atoms with van der Waals surface area (Å²) in [4.78, 5) is 0. The maximum Gasteiger partial charge on any atom is 0.200 e. The fourth-order valence-corrected chi connectivity index (χ4v) is 25.8. The second-order valence-corrected chi connectivity index (χ2v) is 41.4. The predicted molar refractivity (Wildman–Crippen MR) is 511 cm³/mol. The van der Waals surface area contributed by atoms with Crippen LogP contribution in [0, 0.1) is 131 Å². The third-order valence-corrected chi connectivity index (χ3v) is 33.4. The molecular formula is C114H180F6O4. The summed E-state index contributed by atoms with van der Waals surface area (Å²) in [6.07, 6.45) is 75.4. The van der Waals surface area contributed by atoms with Gasteiger partial charge in [-0.2, -0.15) is 8.78 Å². The maximum atomic E-state index is 14.5. The zero-order chi connectivity index (χ0) is 88.5. The summed E-state index contributed by atoms with van der Waals surface area (Å²) in [5.41, 5.74) is 3.61. The lowest BCUT2D eigenvalue weighted by atomic mass is 9.68. The second kappa shape index (κ2) is 57.0. The first kappa shape index (κ1) is 103. The highest BCUT2D eigenvalue weighted by Crippen LogP contribution is 2.50. The molecule has 4 aromatic rings. The Balaban J connectivity index is 0.000000170. The lowest BCUT2D eigenvalue weighted by Crippen LogP contribution is -2.28. The number of methoxy groups -OCH3 is 1. The van der Waals surface area contributed by atoms with Crippen molar-refractivity contribution in [1.29, 1.82) is 0 Å². The van der Waals surface area contributed by atoms with Crippen molar-refractivity contribution >= 4 is 0 Å². The van der Waals surface area contributed by atoms with Crippen molar-refractivity contribution in [3.8, 4) is 17.2 Å². The van der Waals surface area contributed by atoms with Gasteiger partial charge in [-0.1, -0.05) is 225 Å². The molecule has 10 fully saturated rings. The molecule has 0 radical (unpaired) electrons. The number of halogens is 6. The molecule has 0 unspecified atom stereocenters. The van der Waals surface area contributed by atoms with E-state index in [9.17, 15) is 26.3 Å². The van der Waals surface area contributed by atoms with Gasteiger partial charge in [-0.3, -0.25) is 0 Å². The fourth-order valence-electron chi connectivity index (χ4n) is 25.8. The molecule has 10 aliphatic rings. The minimum absolute atomic E-state index is 0.0217. The number of aryl methyl sites for hydroxylation is 1. The van der Waals surface area contributed by atoms with E-state index < -0.39 is 34.9 Å². The molecule has 4 nitrogen and oxygen atoms in total. The number of allylic oxidation sites excluding steroid dienone is 1. The highest BCUT2D eigenvalue weighted by atomic mass is 19.2. The molecule has 0 amide bonds. The summed E-state index contributed by atoms with van der Waals surface area (Å²) in [5.74, 6) is 12.3. The van der Waals surface area contributed by atoms with Crippen LogP contribution in [-0.4, -0.2) is 33.0 Å². The van der Waals surface area contributed by atoms with Crippen molar-refractivity contribution in [2.75, 3.05) is 26.9 Å². The number of unbranched alkanes of at least 4 members (excludes halogenated alkanes) is 2. The van der Waals surface area contributed by atoms with Crippen molar-refractivity contribution in [2.24, 2.45) is 88.8 Å². The topological polar surface area (TPSA) is 36.9 Å². The Morgan fingerprint density at radius 3 is 0.895 bits per heavy atom. The lowest BCUT2D eigenvalue weighted by molar-refractivity contribution is 0.0135. The minimum atomic E-state index is -0.833. The molecule has 4 aromatic carbocycles. The van der Waals surface area contributed by atoms with Crippen LogP contribution in [0.1, 0.15) is 461 Å². The Morgan fingerprint density at radius 1 is 0.290 bits per heavy atom. The SMILES string of the molecule is C=CC1CCC(C2CCC(CCCCC)CC2)CC1.CCCC1CCC(C2CCC(OCC)CC2)CC1.CCCC1CCC(C2CCC(c3ccc(C)c(F)c3F)CC2)CC1.CCCC1CCC(C2CCC(c3ccc(OCC)c(F)c3F)CC2)CC1.CCCC1CCC(c2ccc(OC)cc2)CC1.CCCC1CCC(c2ccc(OCC)c(F)c2F)CC1. The van der Waals surface area contributed by atoms with Gasteiger partial charge in [0.2, 0.25) is 11.6 Å². The molecule has 10 heteroatoms. The van der Waals surface area contributed by atoms with E-state index in [4.69, 9.17) is 18.9 Å². The smallest absolute Gasteiger partial charge is 0.200 e. The van der Waals surface area contributed by atoms with Crippen LogP contribution in [0.4, 0.5) is 26.3 Å². The van der Waals surface area contributed by atoms with Crippen molar-refractivity contribution in [3.05, 3.63) is 136 Å². The quantitative estimate of drug-likeness (QED) is 0.0296. The fraction of sp³-hybridized carbons (Fsp3) is 0.772. The summed E-state index contributed by atoms with van der Waals surface area (Å²) >= 11 is 0. The van der Waals surface area contributed by atoms with Crippen LogP contribution < -0.4 is 14.2 Å². The minimum Gasteiger partial charge on any atom is -0.497 e. The Hall–Kier alpha value is -4.44. The summed E-state index contributed by atoms with van der Waals surface area (Å²) in [7, 11) is 1.73. The van der Waals surface area contributed by atoms with Gasteiger partial charge in [-0.05, 0) is 398 Å². The van der Waals surface area contributed by atoms with Crippen LogP contribution in [0.5, 0.6) is 17.2 Å². The molecule has 0 atom stereocenters. The summed E-state index contributed by atoms with van der Waals surface area (Å²) in [6.45, 7) is 26.6. The molecule has 14 rings (SSSR count). The molecule has 0 aromatic heterocycles. The molecule has 0 aliphatic heterocycles. The van der Waals surface area contributed by atoms with E-state index >= 15 is 0 Å². The number of hydrogen-bond donors (Lipinski definition) is 0. The van der Waals surface area contributed by atoms with E-state index in [2.05, 4.69) is 85.4 Å². The van der Waals surface area contributed by atoms with Crippen molar-refractivity contribution in [3.63, 3.8) is 0 Å². The van der Waals surface area contributed by atoms with Crippen molar-refractivity contribution in [1.82, 2.24) is 0 Å². The highest BCUT2D eigenvalue weighted by Gasteiger charge is 2.38. The maximum absolute atomic E-state index is 14.5. The first-order valence-electron chi connectivity index (χ1n) is 52.9. The van der Waals surface area contributed by atoms with E-state index in [-0.39, 0.29) is 29.3 Å². The van der Waals surface area contributed by atoms with E-state index in [0.717, 1.165) is 158 Å². The average molecular weight is 1730 g/mol. The van der Waals surface area contributed by atoms with E-state index in [0.29, 0.717) is 41.6 Å². The molecule has 124 heavy (non-hydrogen) atoms. The standard InChI is InChI=1S/C23H34F2O.C22H32F2.C19H34.C17H24F2O.C17H32O.C16H24O/c1-3-5-16-6-8-17(9-7-16)18-10-12-19(13-11-18)20-14-15-21(26-4-2)23(25)22(20)24;1-3-4-16-6-8-17(9-7-16)18-10-12-19(13-11-18)20-14-5-15(2)21(23)22(20)24;1-3-5-6-7-17-10-14-19(15-11-17)18-12-8-16(4-2)9-13-18;1-3-5-12-6-8-13(9-7-12)14-10-11-15(20-4-2)17(19)16(14)18;1-3-5-14-6-8-15(9-7-14)16-10-12-17(13-11-16)18-4-2;1-3-4-13-5-7-14(8-6-13)15-9-11-16(17-2)12-10-15/h14-19H,3-13H2,1-2H3;5,14,16-19H,3-4,6-13H2,1-2H3;4,16-19H,2-3,5-15H2,1H3;10-13H,3-9H2,1-2H3;14-17H,3-13H2,1-2H3;9-14H,3-8H2,1-2H3. The molecule has 10 saturated carbocycles. The Labute approximate surface area is 755 Å². The van der Waals surface area contributed by atoms with Gasteiger partial charge in [0.05, 0.1) is 26.4 Å². The molecule has 10 aliphatic carbocycles. The largest absolute Gasteiger partial charge is 0.497 e. The summed E-state index contributed by atoms with van der Waals surface area (Å²) in [6, 6.07) is 18.8. The van der Waals surface area contributed by atoms with Crippen LogP contribution in [0.25, 0.3) is 0 Å². The zero-order valence-corrected chi connectivity index (χ0v) is 80.8. The molecule has 702 valence electrons. The third kappa shape index (κ3) is 32.5. The van der Waals surface area contributed by atoms with E-state index in [1.807, 2.05) is 6.07 Å². The number of benzene rings is 4. The molecular weight excluding hydrogens is 1550 g/mol. The van der Waals surface area contributed by atoms with E-state index in [1.54, 1.807) is 71.1 Å². The molecule has 0 spiro atoms. The van der Waals surface area contributed by atoms with Crippen molar-refractivity contribution in [2.45, 2.75) is 446 Å². The summed E-state index contributed by atoms with van der Waals surface area (Å²) in [5, 5.41) is 0. The van der Waals surface area contributed by atoms with Crippen LogP contribution in [0.15, 0.2) is 73.3 Å². The molecule has 0 heterocycles. The Kier molecular flexibility index (Phi) is 47.5. The van der Waals surface area contributed by atoms with Gasteiger partial charge in [0.25, 0.3) is 0 Å². The zero-order valence-electron chi connectivity index (χ0n) is 80.8. The van der Waals surface area contributed by atoms with Gasteiger partial charge < -0.3 is 18.9 Å². The van der Waals surface area contributed by atoms with Crippen molar-refractivity contribution < 1.29 is 45.3 Å². The molecule has 0 saturated heterocycles. The monoisotopic (exact) mass is 1730 g/mol. The Morgan fingerprint density at radius 2 is 0.581 bits per heavy atom. The van der Waals surface area contributed by atoms with Gasteiger partial charge in [0, 0.05) is 6.61 Å². The number of rotatable bonds is 30. The normalized spacial score (nSPS) is 30.3. The van der Waals surface area contributed by atoms with Crippen LogP contribution >= 0.6 is 0 Å². The summed E-state index contributed by atoms with van der Waals surface area (Å²) < 4.78 is 106. The first-order chi connectivity index (χ1) is 60.4. The lowest BCUT2D eigenvalue weighted by Gasteiger charge is -2.38. The highest BCUT2D eigenvalue weighted by molar-refractivity contribution is 5.35. The van der Waals surface area contributed by atoms with Gasteiger partial charge in [0.15, 0.2) is 34.8 Å². The number of hydrogen-bond acceptors (Lipinski definition) is 4. The van der Waals surface area contributed by atoms with Crippen LogP contribution in [0.2, 0.25) is 0 Å². The average Bonchev–Trinajstić information content (AvgIpc) is 0.840. The number of ether oxygens (including phenoxy) is 4. The van der Waals surface area contributed by atoms with Gasteiger partial charge >= 0.3 is 0 Å². The first-order valence-corrected chi connectivity index (χ1v) is 52.9. The van der Waals surface area contributed by atoms with Crippen LogP contribution in [0.3, 0.4) is 0 Å². The predicted octanol–water partition coefficient (Wildman–Crippen LogP) is 36.2. The molecule has 0 N–H and O–H groups in total.